The largest absolute Gasteiger partial charge is 0.381 e. The molecule has 1 spiro atoms. The van der Waals surface area contributed by atoms with Crippen molar-refractivity contribution in [1.82, 2.24) is 19.9 Å². The standard InChI is InChI=1S/C17H22N4O/c1-13-8-14(10-18-9-13)11-21-5-2-15-16(20-12-19-15)17(21)3-6-22-7-4-17/h8-10,12H,2-7,11H2,1H3,(H,19,20). The molecule has 0 aliphatic carbocycles. The van der Waals surface area contributed by atoms with E-state index in [2.05, 4.69) is 32.8 Å². The first kappa shape index (κ1) is 13.9. The first-order valence-corrected chi connectivity index (χ1v) is 8.04. The van der Waals surface area contributed by atoms with Crippen LogP contribution in [-0.4, -0.2) is 39.6 Å². The number of hydrogen-bond donors (Lipinski definition) is 1. The highest BCUT2D eigenvalue weighted by molar-refractivity contribution is 5.27. The molecule has 1 saturated heterocycles. The number of H-pyrrole nitrogens is 1. The number of nitrogens with one attached hydrogen (secondary N) is 1. The van der Waals surface area contributed by atoms with E-state index >= 15 is 0 Å². The summed E-state index contributed by atoms with van der Waals surface area (Å²) >= 11 is 0. The molecule has 0 bridgehead atoms. The maximum atomic E-state index is 5.63. The van der Waals surface area contributed by atoms with Crippen LogP contribution < -0.4 is 0 Å². The number of hydrogen-bond acceptors (Lipinski definition) is 4. The Morgan fingerprint density at radius 3 is 3.00 bits per heavy atom. The van der Waals surface area contributed by atoms with Crippen LogP contribution in [0.1, 0.15) is 35.4 Å². The molecule has 5 nitrogen and oxygen atoms in total. The fourth-order valence-electron chi connectivity index (χ4n) is 3.94. The lowest BCUT2D eigenvalue weighted by Gasteiger charge is -2.48. The molecule has 0 amide bonds. The average Bonchev–Trinajstić information content (AvgIpc) is 3.01. The van der Waals surface area contributed by atoms with Gasteiger partial charge in [0, 0.05) is 50.8 Å². The summed E-state index contributed by atoms with van der Waals surface area (Å²) in [6.45, 7) is 5.72. The second-order valence-electron chi connectivity index (χ2n) is 6.42. The number of aromatic amines is 1. The molecule has 0 radical (unpaired) electrons. The van der Waals surface area contributed by atoms with Gasteiger partial charge in [-0.1, -0.05) is 6.07 Å². The van der Waals surface area contributed by atoms with Crippen molar-refractivity contribution < 1.29 is 4.74 Å². The van der Waals surface area contributed by atoms with Crippen LogP contribution in [0.3, 0.4) is 0 Å². The highest BCUT2D eigenvalue weighted by Crippen LogP contribution is 2.42. The van der Waals surface area contributed by atoms with Crippen molar-refractivity contribution >= 4 is 0 Å². The quantitative estimate of drug-likeness (QED) is 0.923. The summed E-state index contributed by atoms with van der Waals surface area (Å²) in [7, 11) is 0. The predicted molar refractivity (Wildman–Crippen MR) is 83.4 cm³/mol. The Hall–Kier alpha value is -1.72. The molecule has 2 aromatic heterocycles. The Kier molecular flexibility index (Phi) is 3.47. The van der Waals surface area contributed by atoms with Gasteiger partial charge in [0.25, 0.3) is 0 Å². The van der Waals surface area contributed by atoms with E-state index in [0.29, 0.717) is 0 Å². The van der Waals surface area contributed by atoms with E-state index in [1.165, 1.54) is 22.5 Å². The van der Waals surface area contributed by atoms with Gasteiger partial charge in [-0.3, -0.25) is 9.88 Å². The van der Waals surface area contributed by atoms with Gasteiger partial charge in [0.1, 0.15) is 0 Å². The zero-order chi connectivity index (χ0) is 15.0. The molecular weight excluding hydrogens is 276 g/mol. The molecule has 0 saturated carbocycles. The molecule has 5 heteroatoms. The van der Waals surface area contributed by atoms with Crippen molar-refractivity contribution in [3.63, 3.8) is 0 Å². The summed E-state index contributed by atoms with van der Waals surface area (Å²) in [5, 5.41) is 0. The fourth-order valence-corrected chi connectivity index (χ4v) is 3.94. The summed E-state index contributed by atoms with van der Waals surface area (Å²) in [5.41, 5.74) is 5.07. The van der Waals surface area contributed by atoms with Crippen molar-refractivity contribution in [1.29, 1.82) is 0 Å². The predicted octanol–water partition coefficient (Wildman–Crippen LogP) is 2.18. The van der Waals surface area contributed by atoms with E-state index < -0.39 is 0 Å². The molecule has 1 fully saturated rings. The van der Waals surface area contributed by atoms with Gasteiger partial charge in [-0.2, -0.15) is 0 Å². The van der Waals surface area contributed by atoms with E-state index in [1.807, 2.05) is 18.7 Å². The Morgan fingerprint density at radius 1 is 1.32 bits per heavy atom. The van der Waals surface area contributed by atoms with Gasteiger partial charge < -0.3 is 9.72 Å². The molecule has 2 aliphatic heterocycles. The lowest BCUT2D eigenvalue weighted by Crippen LogP contribution is -2.53. The van der Waals surface area contributed by atoms with Crippen molar-refractivity contribution in [3.8, 4) is 0 Å². The summed E-state index contributed by atoms with van der Waals surface area (Å²) in [6, 6.07) is 2.24. The van der Waals surface area contributed by atoms with Crippen LogP contribution >= 0.6 is 0 Å². The lowest BCUT2D eigenvalue weighted by molar-refractivity contribution is -0.0450. The Balaban J connectivity index is 1.69. The van der Waals surface area contributed by atoms with E-state index in [-0.39, 0.29) is 5.54 Å². The van der Waals surface area contributed by atoms with Crippen LogP contribution in [-0.2, 0) is 23.2 Å². The topological polar surface area (TPSA) is 54.0 Å². The van der Waals surface area contributed by atoms with Gasteiger partial charge >= 0.3 is 0 Å². The monoisotopic (exact) mass is 298 g/mol. The molecule has 4 rings (SSSR count). The van der Waals surface area contributed by atoms with Gasteiger partial charge in [0.15, 0.2) is 0 Å². The summed E-state index contributed by atoms with van der Waals surface area (Å²) in [6.07, 6.45) is 8.82. The van der Waals surface area contributed by atoms with Crippen molar-refractivity contribution in [2.45, 2.75) is 38.3 Å². The molecule has 116 valence electrons. The first-order valence-electron chi connectivity index (χ1n) is 8.04. The van der Waals surface area contributed by atoms with Crippen molar-refractivity contribution in [3.05, 3.63) is 47.3 Å². The first-order chi connectivity index (χ1) is 10.8. The minimum Gasteiger partial charge on any atom is -0.381 e. The third-order valence-electron chi connectivity index (χ3n) is 5.02. The van der Waals surface area contributed by atoms with Crippen LogP contribution in [0.2, 0.25) is 0 Å². The maximum absolute atomic E-state index is 5.63. The molecular formula is C17H22N4O. The van der Waals surface area contributed by atoms with Gasteiger partial charge in [-0.15, -0.1) is 0 Å². The number of pyridine rings is 1. The minimum absolute atomic E-state index is 0.0234. The zero-order valence-corrected chi connectivity index (χ0v) is 13.0. The maximum Gasteiger partial charge on any atom is 0.0926 e. The Morgan fingerprint density at radius 2 is 2.18 bits per heavy atom. The molecule has 1 N–H and O–H groups in total. The molecule has 2 aromatic rings. The Bertz CT molecular complexity index is 660. The van der Waals surface area contributed by atoms with E-state index in [4.69, 9.17) is 4.74 Å². The van der Waals surface area contributed by atoms with Crippen molar-refractivity contribution in [2.75, 3.05) is 19.8 Å². The SMILES string of the molecule is Cc1cncc(CN2CCc3[nH]cnc3C23CCOCC3)c1. The summed E-state index contributed by atoms with van der Waals surface area (Å²) in [5.74, 6) is 0. The number of rotatable bonds is 2. The van der Waals surface area contributed by atoms with E-state index in [0.717, 1.165) is 45.6 Å². The van der Waals surface area contributed by atoms with Crippen LogP contribution in [0.25, 0.3) is 0 Å². The lowest BCUT2D eigenvalue weighted by atomic mass is 9.80. The summed E-state index contributed by atoms with van der Waals surface area (Å²) < 4.78 is 5.63. The number of imidazole rings is 1. The third-order valence-corrected chi connectivity index (χ3v) is 5.02. The van der Waals surface area contributed by atoms with Crippen molar-refractivity contribution in [2.24, 2.45) is 0 Å². The number of aryl methyl sites for hydroxylation is 1. The van der Waals surface area contributed by atoms with Gasteiger partial charge in [0.2, 0.25) is 0 Å². The molecule has 0 aromatic carbocycles. The molecule has 4 heterocycles. The van der Waals surface area contributed by atoms with E-state index in [1.54, 1.807) is 0 Å². The summed E-state index contributed by atoms with van der Waals surface area (Å²) in [4.78, 5) is 14.9. The van der Waals surface area contributed by atoms with E-state index in [9.17, 15) is 0 Å². The fraction of sp³-hybridized carbons (Fsp3) is 0.529. The molecule has 2 aliphatic rings. The molecule has 22 heavy (non-hydrogen) atoms. The average molecular weight is 298 g/mol. The minimum atomic E-state index is 0.0234. The number of aromatic nitrogens is 3. The van der Waals surface area contributed by atoms with Gasteiger partial charge in [-0.25, -0.2) is 4.98 Å². The highest BCUT2D eigenvalue weighted by atomic mass is 16.5. The number of ether oxygens (including phenoxy) is 1. The second-order valence-corrected chi connectivity index (χ2v) is 6.42. The van der Waals surface area contributed by atoms with Crippen LogP contribution in [0.4, 0.5) is 0 Å². The van der Waals surface area contributed by atoms with Crippen LogP contribution in [0, 0.1) is 6.92 Å². The van der Waals surface area contributed by atoms with Gasteiger partial charge in [-0.05, 0) is 30.9 Å². The third kappa shape index (κ3) is 2.25. The van der Waals surface area contributed by atoms with Crippen LogP contribution in [0.15, 0.2) is 24.8 Å². The number of fused-ring (bicyclic) bond motifs is 2. The number of nitrogens with zero attached hydrogens (tertiary/aromatic N) is 3. The smallest absolute Gasteiger partial charge is 0.0926 e. The van der Waals surface area contributed by atoms with Gasteiger partial charge in [0.05, 0.1) is 17.6 Å². The Labute approximate surface area is 130 Å². The van der Waals surface area contributed by atoms with Crippen LogP contribution in [0.5, 0.6) is 0 Å². The highest BCUT2D eigenvalue weighted by Gasteiger charge is 2.45. The zero-order valence-electron chi connectivity index (χ0n) is 13.0. The second kappa shape index (κ2) is 5.48. The normalized spacial score (nSPS) is 21.0. The molecule has 0 atom stereocenters. The molecule has 0 unspecified atom stereocenters.